The average molecular weight is 396 g/mol. The molecule has 3 amide bonds. The van der Waals surface area contributed by atoms with Crippen molar-refractivity contribution in [3.8, 4) is 0 Å². The van der Waals surface area contributed by atoms with Gasteiger partial charge >= 0.3 is 5.97 Å². The van der Waals surface area contributed by atoms with Crippen molar-refractivity contribution in [2.75, 3.05) is 19.7 Å². The van der Waals surface area contributed by atoms with Crippen molar-refractivity contribution >= 4 is 23.7 Å². The highest BCUT2D eigenvalue weighted by Gasteiger charge is 2.35. The molecular weight excluding hydrogens is 372 g/mol. The lowest BCUT2D eigenvalue weighted by molar-refractivity contribution is -0.132. The second kappa shape index (κ2) is 8.86. The second-order valence-electron chi connectivity index (χ2n) is 6.93. The number of ether oxygens (including phenoxy) is 1. The molecule has 2 aliphatic rings. The van der Waals surface area contributed by atoms with Gasteiger partial charge in [-0.1, -0.05) is 12.2 Å². The van der Waals surface area contributed by atoms with Gasteiger partial charge in [0, 0.05) is 18.8 Å². The maximum absolute atomic E-state index is 12.5. The third-order valence-electron chi connectivity index (χ3n) is 5.08. The van der Waals surface area contributed by atoms with Gasteiger partial charge in [-0.25, -0.2) is 4.79 Å². The van der Waals surface area contributed by atoms with E-state index in [9.17, 15) is 19.2 Å². The van der Waals surface area contributed by atoms with E-state index in [0.717, 1.165) is 36.3 Å². The molecule has 0 radical (unpaired) electrons. The molecule has 0 N–H and O–H groups in total. The summed E-state index contributed by atoms with van der Waals surface area (Å²) in [5.74, 6) is -1.88. The van der Waals surface area contributed by atoms with Gasteiger partial charge in [0.25, 0.3) is 17.7 Å². The molecule has 0 spiro atoms. The quantitative estimate of drug-likeness (QED) is 0.402. The Bertz CT molecular complexity index is 902. The standard InChI is InChI=1S/C22H24N2O5/c1-3-12-24-20(26)17-11-10-15(13-18(17)21(24)27)22(28)29-14-19(25)23(4-2)16-8-6-5-7-9-16/h3,8,10-11,13H,1,4-7,9,12,14H2,2H3. The Morgan fingerprint density at radius 2 is 1.97 bits per heavy atom. The van der Waals surface area contributed by atoms with Crippen molar-refractivity contribution in [2.45, 2.75) is 32.6 Å². The molecule has 3 rings (SSSR count). The number of hydrogen-bond acceptors (Lipinski definition) is 5. The van der Waals surface area contributed by atoms with Crippen LogP contribution in [-0.4, -0.2) is 53.2 Å². The van der Waals surface area contributed by atoms with Crippen LogP contribution in [0.4, 0.5) is 0 Å². The third-order valence-corrected chi connectivity index (χ3v) is 5.08. The minimum atomic E-state index is -0.711. The second-order valence-corrected chi connectivity index (χ2v) is 6.93. The number of hydrogen-bond donors (Lipinski definition) is 0. The van der Waals surface area contributed by atoms with Crippen molar-refractivity contribution in [1.82, 2.24) is 9.80 Å². The van der Waals surface area contributed by atoms with E-state index < -0.39 is 17.8 Å². The van der Waals surface area contributed by atoms with E-state index in [-0.39, 0.29) is 35.7 Å². The van der Waals surface area contributed by atoms with Crippen molar-refractivity contribution in [1.29, 1.82) is 0 Å². The normalized spacial score (nSPS) is 15.6. The first-order chi connectivity index (χ1) is 14.0. The van der Waals surface area contributed by atoms with Crippen LogP contribution in [0, 0.1) is 0 Å². The lowest BCUT2D eigenvalue weighted by Crippen LogP contribution is -2.34. The lowest BCUT2D eigenvalue weighted by atomic mass is 10.0. The Labute approximate surface area is 169 Å². The van der Waals surface area contributed by atoms with Crippen LogP contribution in [0.3, 0.4) is 0 Å². The molecule has 1 aliphatic carbocycles. The Kier molecular flexibility index (Phi) is 6.26. The summed E-state index contributed by atoms with van der Waals surface area (Å²) < 4.78 is 5.18. The Balaban J connectivity index is 1.67. The van der Waals surface area contributed by atoms with E-state index in [2.05, 4.69) is 12.7 Å². The van der Waals surface area contributed by atoms with Crippen LogP contribution < -0.4 is 0 Å². The fraction of sp³-hybridized carbons (Fsp3) is 0.364. The van der Waals surface area contributed by atoms with Gasteiger partial charge in [-0.2, -0.15) is 0 Å². The minimum Gasteiger partial charge on any atom is -0.452 e. The molecule has 0 saturated carbocycles. The molecule has 7 heteroatoms. The molecule has 1 aromatic carbocycles. The number of benzene rings is 1. The Morgan fingerprint density at radius 3 is 2.62 bits per heavy atom. The number of carbonyl (C=O) groups excluding carboxylic acids is 4. The predicted molar refractivity (Wildman–Crippen MR) is 106 cm³/mol. The molecule has 0 bridgehead atoms. The average Bonchev–Trinajstić information content (AvgIpc) is 2.98. The molecule has 1 heterocycles. The number of fused-ring (bicyclic) bond motifs is 1. The van der Waals surface area contributed by atoms with Crippen LogP contribution in [0.15, 0.2) is 42.6 Å². The maximum atomic E-state index is 12.5. The van der Waals surface area contributed by atoms with Gasteiger partial charge in [0.05, 0.1) is 16.7 Å². The van der Waals surface area contributed by atoms with Crippen LogP contribution in [0.1, 0.15) is 63.7 Å². The molecule has 0 unspecified atom stereocenters. The fourth-order valence-electron chi connectivity index (χ4n) is 3.61. The zero-order valence-corrected chi connectivity index (χ0v) is 16.5. The largest absolute Gasteiger partial charge is 0.452 e. The van der Waals surface area contributed by atoms with E-state index in [0.29, 0.717) is 6.54 Å². The lowest BCUT2D eigenvalue weighted by Gasteiger charge is -2.26. The number of likely N-dealkylation sites (N-methyl/N-ethyl adjacent to an activating group) is 1. The summed E-state index contributed by atoms with van der Waals surface area (Å²) in [4.78, 5) is 52.2. The van der Waals surface area contributed by atoms with E-state index in [1.807, 2.05) is 6.92 Å². The first kappa shape index (κ1) is 20.5. The van der Waals surface area contributed by atoms with Crippen molar-refractivity contribution in [3.05, 3.63) is 59.3 Å². The van der Waals surface area contributed by atoms with Crippen molar-refractivity contribution < 1.29 is 23.9 Å². The number of rotatable bonds is 7. The van der Waals surface area contributed by atoms with Gasteiger partial charge in [0.2, 0.25) is 0 Å². The first-order valence-corrected chi connectivity index (χ1v) is 9.75. The smallest absolute Gasteiger partial charge is 0.338 e. The van der Waals surface area contributed by atoms with Crippen molar-refractivity contribution in [2.24, 2.45) is 0 Å². The molecule has 1 aliphatic heterocycles. The number of carbonyl (C=O) groups is 4. The molecule has 0 aromatic heterocycles. The molecule has 0 atom stereocenters. The predicted octanol–water partition coefficient (Wildman–Crippen LogP) is 2.93. The summed E-state index contributed by atoms with van der Waals surface area (Å²) in [5, 5.41) is 0. The molecule has 7 nitrogen and oxygen atoms in total. The van der Waals surface area contributed by atoms with Gasteiger partial charge in [-0.05, 0) is 50.8 Å². The van der Waals surface area contributed by atoms with E-state index in [1.54, 1.807) is 4.90 Å². The summed E-state index contributed by atoms with van der Waals surface area (Å²) in [6.45, 7) is 5.65. The third kappa shape index (κ3) is 4.13. The van der Waals surface area contributed by atoms with Crippen LogP contribution >= 0.6 is 0 Å². The number of esters is 1. The fourth-order valence-corrected chi connectivity index (χ4v) is 3.61. The van der Waals surface area contributed by atoms with E-state index >= 15 is 0 Å². The summed E-state index contributed by atoms with van der Waals surface area (Å²) in [6, 6.07) is 4.20. The zero-order chi connectivity index (χ0) is 21.0. The highest BCUT2D eigenvalue weighted by atomic mass is 16.5. The molecule has 29 heavy (non-hydrogen) atoms. The van der Waals surface area contributed by atoms with Crippen LogP contribution in [0.5, 0.6) is 0 Å². The number of allylic oxidation sites excluding steroid dienone is 2. The number of imide groups is 1. The van der Waals surface area contributed by atoms with Crippen LogP contribution in [-0.2, 0) is 9.53 Å². The molecule has 152 valence electrons. The molecular formula is C22H24N2O5. The monoisotopic (exact) mass is 396 g/mol. The van der Waals surface area contributed by atoms with Crippen LogP contribution in [0.2, 0.25) is 0 Å². The number of nitrogens with zero attached hydrogens (tertiary/aromatic N) is 2. The molecule has 0 saturated heterocycles. The number of amides is 3. The van der Waals surface area contributed by atoms with Crippen LogP contribution in [0.25, 0.3) is 0 Å². The summed E-state index contributed by atoms with van der Waals surface area (Å²) >= 11 is 0. The Hall–Kier alpha value is -3.22. The van der Waals surface area contributed by atoms with Gasteiger partial charge < -0.3 is 9.64 Å². The van der Waals surface area contributed by atoms with Crippen molar-refractivity contribution in [3.63, 3.8) is 0 Å². The van der Waals surface area contributed by atoms with E-state index in [1.165, 1.54) is 24.3 Å². The maximum Gasteiger partial charge on any atom is 0.338 e. The van der Waals surface area contributed by atoms with Gasteiger partial charge in [-0.15, -0.1) is 6.58 Å². The first-order valence-electron chi connectivity index (χ1n) is 9.75. The van der Waals surface area contributed by atoms with E-state index in [4.69, 9.17) is 4.74 Å². The highest BCUT2D eigenvalue weighted by Crippen LogP contribution is 2.24. The summed E-state index contributed by atoms with van der Waals surface area (Å²) in [6.07, 6.45) is 7.47. The van der Waals surface area contributed by atoms with Gasteiger partial charge in [0.1, 0.15) is 0 Å². The topological polar surface area (TPSA) is 84.0 Å². The molecule has 1 aromatic rings. The highest BCUT2D eigenvalue weighted by molar-refractivity contribution is 6.22. The molecule has 0 fully saturated rings. The zero-order valence-electron chi connectivity index (χ0n) is 16.5. The minimum absolute atomic E-state index is 0.101. The summed E-state index contributed by atoms with van der Waals surface area (Å²) in [5.41, 5.74) is 1.49. The van der Waals surface area contributed by atoms with Gasteiger partial charge in [-0.3, -0.25) is 19.3 Å². The van der Waals surface area contributed by atoms with Gasteiger partial charge in [0.15, 0.2) is 6.61 Å². The Morgan fingerprint density at radius 1 is 1.21 bits per heavy atom. The SMILES string of the molecule is C=CCN1C(=O)c2ccc(C(=O)OCC(=O)N(CC)C3=CCCCC3)cc2C1=O. The summed E-state index contributed by atoms with van der Waals surface area (Å²) in [7, 11) is 0.